The molecule has 0 atom stereocenters. The van der Waals surface area contributed by atoms with Crippen molar-refractivity contribution in [2.24, 2.45) is 0 Å². The third-order valence-electron chi connectivity index (χ3n) is 1.91. The lowest BCUT2D eigenvalue weighted by molar-refractivity contribution is 0.203. The number of nitrogens with one attached hydrogen (secondary N) is 1. The Balaban J connectivity index is 2.86. The summed E-state index contributed by atoms with van der Waals surface area (Å²) in [5.41, 5.74) is 0.599. The Bertz CT molecular complexity index is 409. The van der Waals surface area contributed by atoms with E-state index in [1.165, 1.54) is 11.9 Å². The fraction of sp³-hybridized carbons (Fsp3) is 0.200. The van der Waals surface area contributed by atoms with Gasteiger partial charge in [0.15, 0.2) is 0 Å². The van der Waals surface area contributed by atoms with Crippen LogP contribution < -0.4 is 15.0 Å². The number of rotatable bonds is 2. The molecule has 0 aliphatic heterocycles. The van der Waals surface area contributed by atoms with Crippen LogP contribution in [-0.2, 0) is 0 Å². The highest BCUT2D eigenvalue weighted by atomic mass is 32.1. The monoisotopic (exact) mass is 240 g/mol. The Kier molecular flexibility index (Phi) is 4.19. The molecule has 1 rings (SSSR count). The van der Waals surface area contributed by atoms with Crippen LogP contribution in [0.4, 0.5) is 15.3 Å². The summed E-state index contributed by atoms with van der Waals surface area (Å²) >= 11 is 3.69. The number of thiol groups is 1. The number of ether oxygens (including phenoxy) is 1. The number of carbonyl (C=O) groups excluding carboxylic acids is 2. The maximum absolute atomic E-state index is 11.0. The van der Waals surface area contributed by atoms with E-state index in [4.69, 9.17) is 4.74 Å². The average Bonchev–Trinajstić information content (AvgIpc) is 2.28. The maximum Gasteiger partial charge on any atom is 0.412 e. The van der Waals surface area contributed by atoms with Gasteiger partial charge < -0.3 is 15.0 Å². The molecule has 86 valence electrons. The van der Waals surface area contributed by atoms with Crippen molar-refractivity contribution in [3.63, 3.8) is 0 Å². The molecule has 0 fully saturated rings. The van der Waals surface area contributed by atoms with Crippen molar-refractivity contribution in [3.05, 3.63) is 24.3 Å². The number of hydrogen-bond acceptors (Lipinski definition) is 3. The van der Waals surface area contributed by atoms with Crippen LogP contribution >= 0.6 is 12.6 Å². The Morgan fingerprint density at radius 3 is 2.69 bits per heavy atom. The van der Waals surface area contributed by atoms with E-state index in [0.717, 1.165) is 0 Å². The van der Waals surface area contributed by atoms with Gasteiger partial charge in [-0.25, -0.2) is 4.79 Å². The molecule has 6 heteroatoms. The molecule has 1 N–H and O–H groups in total. The van der Waals surface area contributed by atoms with E-state index in [1.54, 1.807) is 31.3 Å². The van der Waals surface area contributed by atoms with E-state index in [9.17, 15) is 9.59 Å². The number of hydrogen-bond donors (Lipinski definition) is 2. The summed E-state index contributed by atoms with van der Waals surface area (Å²) in [6, 6.07) is 6.59. The minimum atomic E-state index is -0.558. The SMILES string of the molecule is CNC(=O)Oc1cccc(N(C)C(=O)S)c1. The molecule has 0 spiro atoms. The van der Waals surface area contributed by atoms with Gasteiger partial charge in [0.25, 0.3) is 5.24 Å². The van der Waals surface area contributed by atoms with E-state index in [0.29, 0.717) is 11.4 Å². The molecule has 0 saturated heterocycles. The lowest BCUT2D eigenvalue weighted by Crippen LogP contribution is -2.23. The second-order valence-corrected chi connectivity index (χ2v) is 3.36. The molecule has 1 aromatic rings. The first kappa shape index (κ1) is 12.4. The van der Waals surface area contributed by atoms with Gasteiger partial charge in [-0.3, -0.25) is 4.79 Å². The lowest BCUT2D eigenvalue weighted by atomic mass is 10.3. The minimum absolute atomic E-state index is 0.360. The lowest BCUT2D eigenvalue weighted by Gasteiger charge is -2.14. The molecule has 0 bridgehead atoms. The zero-order valence-electron chi connectivity index (χ0n) is 8.93. The van der Waals surface area contributed by atoms with Gasteiger partial charge in [-0.1, -0.05) is 18.7 Å². The first-order chi connectivity index (χ1) is 7.54. The zero-order chi connectivity index (χ0) is 12.1. The molecule has 1 aromatic carbocycles. The summed E-state index contributed by atoms with van der Waals surface area (Å²) < 4.78 is 4.92. The van der Waals surface area contributed by atoms with E-state index < -0.39 is 11.3 Å². The van der Waals surface area contributed by atoms with Crippen LogP contribution in [0.15, 0.2) is 24.3 Å². The van der Waals surface area contributed by atoms with Gasteiger partial charge >= 0.3 is 6.09 Å². The molecule has 0 unspecified atom stereocenters. The molecule has 0 aliphatic carbocycles. The Morgan fingerprint density at radius 1 is 1.44 bits per heavy atom. The van der Waals surface area contributed by atoms with Crippen LogP contribution in [0.1, 0.15) is 0 Å². The first-order valence-electron chi connectivity index (χ1n) is 4.51. The molecule has 0 aromatic heterocycles. The van der Waals surface area contributed by atoms with Gasteiger partial charge in [-0.05, 0) is 12.1 Å². The molecular formula is C10H12N2O3S. The highest BCUT2D eigenvalue weighted by molar-refractivity contribution is 7.96. The fourth-order valence-electron chi connectivity index (χ4n) is 1.02. The number of amides is 2. The summed E-state index contributed by atoms with van der Waals surface area (Å²) in [5, 5.41) is 1.94. The van der Waals surface area contributed by atoms with Gasteiger partial charge in [-0.2, -0.15) is 0 Å². The quantitative estimate of drug-likeness (QED) is 0.776. The topological polar surface area (TPSA) is 58.6 Å². The number of nitrogens with zero attached hydrogens (tertiary/aromatic N) is 1. The van der Waals surface area contributed by atoms with E-state index in [1.807, 2.05) is 0 Å². The summed E-state index contributed by atoms with van der Waals surface area (Å²) in [7, 11) is 3.05. The van der Waals surface area contributed by atoms with Crippen molar-refractivity contribution < 1.29 is 14.3 Å². The van der Waals surface area contributed by atoms with Crippen molar-refractivity contribution in [2.75, 3.05) is 19.0 Å². The second kappa shape index (κ2) is 5.41. The molecule has 5 nitrogen and oxygen atoms in total. The van der Waals surface area contributed by atoms with Crippen LogP contribution in [0.3, 0.4) is 0 Å². The Hall–Kier alpha value is -1.69. The molecule has 0 aliphatic rings. The summed E-state index contributed by atoms with van der Waals surface area (Å²) in [5.74, 6) is 0.360. The number of carbonyl (C=O) groups is 2. The van der Waals surface area contributed by atoms with Crippen molar-refractivity contribution in [1.29, 1.82) is 0 Å². The summed E-state index contributed by atoms with van der Waals surface area (Å²) in [6.45, 7) is 0. The largest absolute Gasteiger partial charge is 0.412 e. The standard InChI is InChI=1S/C10H12N2O3S/c1-11-9(13)15-8-5-3-4-7(6-8)12(2)10(14)16/h3-6H,1-2H3,(H,11,13)(H,14,16). The van der Waals surface area contributed by atoms with E-state index in [-0.39, 0.29) is 0 Å². The molecule has 0 radical (unpaired) electrons. The van der Waals surface area contributed by atoms with Gasteiger partial charge in [0.05, 0.1) is 0 Å². The van der Waals surface area contributed by atoms with Gasteiger partial charge in [-0.15, -0.1) is 0 Å². The van der Waals surface area contributed by atoms with Gasteiger partial charge in [0.1, 0.15) is 5.75 Å². The minimum Gasteiger partial charge on any atom is -0.410 e. The van der Waals surface area contributed by atoms with Crippen molar-refractivity contribution >= 4 is 29.6 Å². The Labute approximate surface area is 98.8 Å². The maximum atomic E-state index is 11.0. The van der Waals surface area contributed by atoms with Crippen LogP contribution in [0.2, 0.25) is 0 Å². The highest BCUT2D eigenvalue weighted by Crippen LogP contribution is 2.21. The number of anilines is 1. The van der Waals surface area contributed by atoms with Crippen LogP contribution in [-0.4, -0.2) is 25.4 Å². The Morgan fingerprint density at radius 2 is 2.12 bits per heavy atom. The summed E-state index contributed by atoms with van der Waals surface area (Å²) in [6.07, 6.45) is -0.558. The predicted molar refractivity (Wildman–Crippen MR) is 64.3 cm³/mol. The van der Waals surface area contributed by atoms with Gasteiger partial charge in [0, 0.05) is 25.8 Å². The average molecular weight is 240 g/mol. The molecule has 0 heterocycles. The third-order valence-corrected chi connectivity index (χ3v) is 2.21. The van der Waals surface area contributed by atoms with E-state index >= 15 is 0 Å². The highest BCUT2D eigenvalue weighted by Gasteiger charge is 2.08. The summed E-state index contributed by atoms with van der Waals surface area (Å²) in [4.78, 5) is 23.3. The predicted octanol–water partition coefficient (Wildman–Crippen LogP) is 1.89. The smallest absolute Gasteiger partial charge is 0.410 e. The number of benzene rings is 1. The van der Waals surface area contributed by atoms with Crippen LogP contribution in [0, 0.1) is 0 Å². The molecule has 0 saturated carbocycles. The van der Waals surface area contributed by atoms with Crippen molar-refractivity contribution in [3.8, 4) is 5.75 Å². The van der Waals surface area contributed by atoms with Crippen molar-refractivity contribution in [2.45, 2.75) is 0 Å². The van der Waals surface area contributed by atoms with E-state index in [2.05, 4.69) is 17.9 Å². The molecule has 2 amide bonds. The van der Waals surface area contributed by atoms with Crippen LogP contribution in [0.25, 0.3) is 0 Å². The second-order valence-electron chi connectivity index (χ2n) is 2.98. The fourth-order valence-corrected chi connectivity index (χ4v) is 1.14. The van der Waals surface area contributed by atoms with Crippen LogP contribution in [0.5, 0.6) is 5.75 Å². The van der Waals surface area contributed by atoms with Crippen molar-refractivity contribution in [1.82, 2.24) is 5.32 Å². The zero-order valence-corrected chi connectivity index (χ0v) is 9.82. The first-order valence-corrected chi connectivity index (χ1v) is 4.95. The third kappa shape index (κ3) is 3.16. The molecular weight excluding hydrogens is 228 g/mol. The normalized spacial score (nSPS) is 9.44. The van der Waals surface area contributed by atoms with Gasteiger partial charge in [0.2, 0.25) is 0 Å². The molecule has 16 heavy (non-hydrogen) atoms.